The third kappa shape index (κ3) is 1.81. The van der Waals surface area contributed by atoms with Crippen molar-refractivity contribution >= 4 is 0 Å². The van der Waals surface area contributed by atoms with E-state index in [0.29, 0.717) is 11.5 Å². The topological polar surface area (TPSA) is 0 Å². The van der Waals surface area contributed by atoms with Crippen molar-refractivity contribution in [1.82, 2.24) is 0 Å². The summed E-state index contributed by atoms with van der Waals surface area (Å²) in [4.78, 5) is 0. The minimum atomic E-state index is -0.524. The average molecular weight is 169 g/mol. The normalized spacial score (nSPS) is 10.8. The lowest BCUT2D eigenvalue weighted by molar-refractivity contribution is 0.514. The molecule has 0 heterocycles. The summed E-state index contributed by atoms with van der Waals surface area (Å²) in [5, 5.41) is 0. The van der Waals surface area contributed by atoms with Gasteiger partial charge in [0.2, 0.25) is 0 Å². The molecule has 0 spiro atoms. The number of hydrogen-bond acceptors (Lipinski definition) is 0. The van der Waals surface area contributed by atoms with Crippen molar-refractivity contribution in [2.75, 3.05) is 6.67 Å². The Morgan fingerprint density at radius 2 is 2.08 bits per heavy atom. The molecular weight excluding hydrogens is 158 g/mol. The van der Waals surface area contributed by atoms with Crippen LogP contribution in [0.3, 0.4) is 0 Å². The smallest absolute Gasteiger partial charge is 0.123 e. The summed E-state index contributed by atoms with van der Waals surface area (Å²) < 4.78 is 24.9. The summed E-state index contributed by atoms with van der Waals surface area (Å²) in [5.74, 6) is 0.260. The third-order valence-electron chi connectivity index (χ3n) is 1.86. The number of benzene rings is 1. The zero-order valence-corrected chi connectivity index (χ0v) is 7.20. The van der Waals surface area contributed by atoms with Gasteiger partial charge in [0.1, 0.15) is 5.82 Å². The highest BCUT2D eigenvalue weighted by molar-refractivity contribution is 5.37. The molecule has 0 amide bonds. The summed E-state index contributed by atoms with van der Waals surface area (Å²) in [5.41, 5.74) is 1.59. The molecule has 0 unspecified atom stereocenters. The Labute approximate surface area is 71.2 Å². The van der Waals surface area contributed by atoms with Crippen molar-refractivity contribution in [3.8, 4) is 0 Å². The molecule has 12 heavy (non-hydrogen) atoms. The van der Waals surface area contributed by atoms with Crippen LogP contribution < -0.4 is 0 Å². The Morgan fingerprint density at radius 3 is 2.67 bits per heavy atom. The number of aryl methyl sites for hydroxylation is 1. The lowest BCUT2D eigenvalue weighted by Gasteiger charge is -2.09. The van der Waals surface area contributed by atoms with Crippen LogP contribution in [-0.4, -0.2) is 6.67 Å². The summed E-state index contributed by atoms with van der Waals surface area (Å²) in [6.07, 6.45) is 0. The minimum absolute atomic E-state index is 0.316. The predicted octanol–water partition coefficient (Wildman–Crippen LogP) is 3.05. The number of hydrogen-bond donors (Lipinski definition) is 0. The van der Waals surface area contributed by atoms with Crippen LogP contribution in [0.1, 0.15) is 18.1 Å². The Morgan fingerprint density at radius 1 is 1.42 bits per heavy atom. The summed E-state index contributed by atoms with van der Waals surface area (Å²) in [6.45, 7) is 2.99. The van der Waals surface area contributed by atoms with Crippen LogP contribution in [0.15, 0.2) is 18.2 Å². The van der Waals surface area contributed by atoms with Crippen LogP contribution >= 0.6 is 0 Å². The maximum Gasteiger partial charge on any atom is 0.123 e. The fraction of sp³-hybridized carbons (Fsp3) is 0.300. The van der Waals surface area contributed by atoms with E-state index in [9.17, 15) is 8.78 Å². The van der Waals surface area contributed by atoms with Gasteiger partial charge in [0.15, 0.2) is 0 Å². The predicted molar refractivity (Wildman–Crippen MR) is 45.1 cm³/mol. The molecule has 0 nitrogen and oxygen atoms in total. The molecule has 0 aliphatic rings. The second-order valence-corrected chi connectivity index (χ2v) is 2.87. The zero-order valence-electron chi connectivity index (χ0n) is 7.20. The Hall–Kier alpha value is -0.920. The van der Waals surface area contributed by atoms with Crippen molar-refractivity contribution in [3.63, 3.8) is 0 Å². The first-order chi connectivity index (χ1) is 5.65. The zero-order chi connectivity index (χ0) is 9.14. The van der Waals surface area contributed by atoms with E-state index in [1.54, 1.807) is 13.0 Å². The summed E-state index contributed by atoms with van der Waals surface area (Å²) in [7, 11) is 0. The molecule has 0 aromatic heterocycles. The first-order valence-electron chi connectivity index (χ1n) is 3.80. The first-order valence-corrected chi connectivity index (χ1v) is 3.80. The van der Waals surface area contributed by atoms with Crippen LogP contribution in [0.25, 0.3) is 0 Å². The number of halogens is 2. The highest BCUT2D eigenvalue weighted by Gasteiger charge is 2.09. The van der Waals surface area contributed by atoms with Crippen molar-refractivity contribution in [1.29, 1.82) is 0 Å². The van der Waals surface area contributed by atoms with E-state index in [1.165, 1.54) is 12.1 Å². The van der Waals surface area contributed by atoms with Gasteiger partial charge >= 0.3 is 0 Å². The third-order valence-corrected chi connectivity index (χ3v) is 1.86. The van der Waals surface area contributed by atoms with E-state index in [4.69, 9.17) is 0 Å². The van der Waals surface area contributed by atoms with E-state index >= 15 is 0 Å². The van der Waals surface area contributed by atoms with Gasteiger partial charge in [0.05, 0.1) is 6.67 Å². The SMILES string of the molecule is C[C](CF)c1cc(F)ccc1C. The number of alkyl halides is 1. The van der Waals surface area contributed by atoms with E-state index in [-0.39, 0.29) is 5.82 Å². The molecule has 65 valence electrons. The molecule has 1 radical (unpaired) electrons. The van der Waals surface area contributed by atoms with E-state index in [1.807, 2.05) is 6.92 Å². The van der Waals surface area contributed by atoms with Gasteiger partial charge in [-0.25, -0.2) is 4.39 Å². The van der Waals surface area contributed by atoms with Gasteiger partial charge in [-0.05, 0) is 30.2 Å². The van der Waals surface area contributed by atoms with Crippen LogP contribution in [0, 0.1) is 18.7 Å². The largest absolute Gasteiger partial charge is 0.250 e. The second kappa shape index (κ2) is 3.65. The number of rotatable bonds is 2. The lowest BCUT2D eigenvalue weighted by atomic mass is 9.97. The van der Waals surface area contributed by atoms with E-state index in [2.05, 4.69) is 0 Å². The van der Waals surface area contributed by atoms with E-state index in [0.717, 1.165) is 5.56 Å². The molecule has 0 aliphatic heterocycles. The summed E-state index contributed by atoms with van der Waals surface area (Å²) >= 11 is 0. The van der Waals surface area contributed by atoms with Crippen LogP contribution in [0.2, 0.25) is 0 Å². The Kier molecular flexibility index (Phi) is 2.79. The molecule has 0 saturated carbocycles. The molecule has 2 heteroatoms. The highest BCUT2D eigenvalue weighted by Crippen LogP contribution is 2.19. The van der Waals surface area contributed by atoms with Gasteiger partial charge in [0.25, 0.3) is 0 Å². The minimum Gasteiger partial charge on any atom is -0.250 e. The quantitative estimate of drug-likeness (QED) is 0.638. The van der Waals surface area contributed by atoms with Gasteiger partial charge in [-0.3, -0.25) is 4.39 Å². The van der Waals surface area contributed by atoms with E-state index < -0.39 is 6.67 Å². The molecule has 0 saturated heterocycles. The first kappa shape index (κ1) is 9.17. The maximum absolute atomic E-state index is 12.7. The van der Waals surface area contributed by atoms with Crippen LogP contribution in [0.4, 0.5) is 8.78 Å². The second-order valence-electron chi connectivity index (χ2n) is 2.87. The molecule has 1 rings (SSSR count). The highest BCUT2D eigenvalue weighted by atomic mass is 19.1. The average Bonchev–Trinajstić information content (AvgIpc) is 2.08. The monoisotopic (exact) mass is 169 g/mol. The van der Waals surface area contributed by atoms with Crippen molar-refractivity contribution in [3.05, 3.63) is 41.1 Å². The molecule has 0 aliphatic carbocycles. The molecule has 0 bridgehead atoms. The molecule has 1 aromatic rings. The van der Waals surface area contributed by atoms with Crippen LogP contribution in [-0.2, 0) is 0 Å². The van der Waals surface area contributed by atoms with Crippen LogP contribution in [0.5, 0.6) is 0 Å². The molecular formula is C10H11F2. The van der Waals surface area contributed by atoms with Gasteiger partial charge in [-0.1, -0.05) is 13.0 Å². The Bertz CT molecular complexity index is 269. The van der Waals surface area contributed by atoms with Gasteiger partial charge in [-0.2, -0.15) is 0 Å². The Balaban J connectivity index is 3.04. The standard InChI is InChI=1S/C10H11F2/c1-7-3-4-9(12)5-10(7)8(2)6-11/h3-5H,6H2,1-2H3. The molecule has 1 aromatic carbocycles. The van der Waals surface area contributed by atoms with Gasteiger partial charge in [-0.15, -0.1) is 0 Å². The van der Waals surface area contributed by atoms with Gasteiger partial charge < -0.3 is 0 Å². The van der Waals surface area contributed by atoms with Crippen molar-refractivity contribution < 1.29 is 8.78 Å². The maximum atomic E-state index is 12.7. The van der Waals surface area contributed by atoms with Crippen molar-refractivity contribution in [2.45, 2.75) is 13.8 Å². The molecule has 0 fully saturated rings. The fourth-order valence-electron chi connectivity index (χ4n) is 1.13. The fourth-order valence-corrected chi connectivity index (χ4v) is 1.13. The lowest BCUT2D eigenvalue weighted by Crippen LogP contribution is -1.99. The molecule has 0 N–H and O–H groups in total. The molecule has 0 atom stereocenters. The van der Waals surface area contributed by atoms with Gasteiger partial charge in [0, 0.05) is 5.92 Å². The van der Waals surface area contributed by atoms with Crippen molar-refractivity contribution in [2.24, 2.45) is 0 Å². The summed E-state index contributed by atoms with van der Waals surface area (Å²) in [6, 6.07) is 4.40.